The molecule has 0 bridgehead atoms. The third-order valence-electron chi connectivity index (χ3n) is 3.31. The van der Waals surface area contributed by atoms with E-state index in [1.165, 1.54) is 28.7 Å². The molecular weight excluding hydrogens is 194 g/mol. The van der Waals surface area contributed by atoms with E-state index in [1.807, 2.05) is 0 Å². The first-order valence-corrected chi connectivity index (χ1v) is 6.21. The van der Waals surface area contributed by atoms with Gasteiger partial charge in [-0.15, -0.1) is 0 Å². The topological polar surface area (TPSA) is 26.0 Å². The maximum Gasteiger partial charge on any atom is 0.00105 e. The molecule has 0 saturated heterocycles. The third-order valence-corrected chi connectivity index (χ3v) is 3.31. The standard InChI is InChI=1S/C15H21N/c1-11-9-13(6-3-5-12(2)16)10-14-7-4-8-15(11)14/h4,7,9-10,12H,3,5-6,8,16H2,1-2H3/t12-/m0/s1. The van der Waals surface area contributed by atoms with E-state index < -0.39 is 0 Å². The van der Waals surface area contributed by atoms with Gasteiger partial charge in [0.2, 0.25) is 0 Å². The Hall–Kier alpha value is -1.08. The first-order valence-electron chi connectivity index (χ1n) is 6.21. The van der Waals surface area contributed by atoms with Gasteiger partial charge in [0.25, 0.3) is 0 Å². The van der Waals surface area contributed by atoms with E-state index in [-0.39, 0.29) is 0 Å². The van der Waals surface area contributed by atoms with Crippen molar-refractivity contribution in [2.24, 2.45) is 5.73 Å². The summed E-state index contributed by atoms with van der Waals surface area (Å²) in [6.07, 6.45) is 9.08. The Balaban J connectivity index is 2.05. The second-order valence-electron chi connectivity index (χ2n) is 4.96. The number of aryl methyl sites for hydroxylation is 2. The lowest BCUT2D eigenvalue weighted by atomic mass is 9.97. The van der Waals surface area contributed by atoms with Crippen LogP contribution in [-0.2, 0) is 12.8 Å². The fourth-order valence-corrected chi connectivity index (χ4v) is 2.43. The normalized spacial score (nSPS) is 15.2. The van der Waals surface area contributed by atoms with Gasteiger partial charge in [0.05, 0.1) is 0 Å². The minimum absolute atomic E-state index is 0.329. The van der Waals surface area contributed by atoms with Crippen LogP contribution in [0.15, 0.2) is 18.2 Å². The van der Waals surface area contributed by atoms with Crippen LogP contribution in [0.2, 0.25) is 0 Å². The lowest BCUT2D eigenvalue weighted by Crippen LogP contribution is -2.14. The Bertz CT molecular complexity index is 402. The van der Waals surface area contributed by atoms with Gasteiger partial charge in [-0.25, -0.2) is 0 Å². The number of nitrogens with two attached hydrogens (primary N) is 1. The van der Waals surface area contributed by atoms with Crippen molar-refractivity contribution in [3.8, 4) is 0 Å². The molecule has 1 aromatic carbocycles. The number of benzene rings is 1. The molecule has 1 aliphatic carbocycles. The largest absolute Gasteiger partial charge is 0.328 e. The maximum atomic E-state index is 5.77. The van der Waals surface area contributed by atoms with E-state index in [0.29, 0.717) is 6.04 Å². The summed E-state index contributed by atoms with van der Waals surface area (Å²) in [5, 5.41) is 0. The number of hydrogen-bond acceptors (Lipinski definition) is 1. The fraction of sp³-hybridized carbons (Fsp3) is 0.467. The molecular formula is C15H21N. The van der Waals surface area contributed by atoms with Crippen molar-refractivity contribution < 1.29 is 0 Å². The first kappa shape index (κ1) is 11.4. The smallest absolute Gasteiger partial charge is 0.00105 e. The minimum atomic E-state index is 0.329. The quantitative estimate of drug-likeness (QED) is 0.820. The zero-order chi connectivity index (χ0) is 11.5. The minimum Gasteiger partial charge on any atom is -0.328 e. The van der Waals surface area contributed by atoms with Gasteiger partial charge in [-0.2, -0.15) is 0 Å². The molecule has 1 nitrogen and oxygen atoms in total. The SMILES string of the molecule is Cc1cc(CCC[C@H](C)N)cc2c1CC=C2. The van der Waals surface area contributed by atoms with E-state index in [9.17, 15) is 0 Å². The molecule has 86 valence electrons. The van der Waals surface area contributed by atoms with Crippen LogP contribution in [0, 0.1) is 6.92 Å². The van der Waals surface area contributed by atoms with Gasteiger partial charge in [-0.05, 0) is 61.8 Å². The van der Waals surface area contributed by atoms with Crippen molar-refractivity contribution in [2.75, 3.05) is 0 Å². The summed E-state index contributed by atoms with van der Waals surface area (Å²) in [6.45, 7) is 4.30. The molecule has 1 aromatic rings. The van der Waals surface area contributed by atoms with Crippen molar-refractivity contribution in [3.05, 3.63) is 40.5 Å². The zero-order valence-corrected chi connectivity index (χ0v) is 10.3. The van der Waals surface area contributed by atoms with Gasteiger partial charge >= 0.3 is 0 Å². The molecule has 1 aliphatic rings. The summed E-state index contributed by atoms with van der Waals surface area (Å²) in [5.41, 5.74) is 11.6. The van der Waals surface area contributed by atoms with E-state index in [0.717, 1.165) is 19.3 Å². The number of allylic oxidation sites excluding steroid dienone is 1. The molecule has 0 amide bonds. The molecule has 16 heavy (non-hydrogen) atoms. The highest BCUT2D eigenvalue weighted by atomic mass is 14.6. The Morgan fingerprint density at radius 1 is 1.38 bits per heavy atom. The molecule has 2 N–H and O–H groups in total. The average Bonchev–Trinajstić information content (AvgIpc) is 2.65. The Labute approximate surface area is 98.4 Å². The van der Waals surface area contributed by atoms with Crippen LogP contribution in [0.3, 0.4) is 0 Å². The maximum absolute atomic E-state index is 5.77. The van der Waals surface area contributed by atoms with Crippen LogP contribution in [-0.4, -0.2) is 6.04 Å². The Morgan fingerprint density at radius 2 is 2.19 bits per heavy atom. The van der Waals surface area contributed by atoms with Crippen LogP contribution in [0.25, 0.3) is 6.08 Å². The van der Waals surface area contributed by atoms with Gasteiger partial charge in [-0.3, -0.25) is 0 Å². The van der Waals surface area contributed by atoms with Crippen molar-refractivity contribution in [1.82, 2.24) is 0 Å². The predicted molar refractivity (Wildman–Crippen MR) is 70.5 cm³/mol. The molecule has 0 fully saturated rings. The van der Waals surface area contributed by atoms with Crippen LogP contribution >= 0.6 is 0 Å². The number of hydrogen-bond donors (Lipinski definition) is 1. The molecule has 0 unspecified atom stereocenters. The molecule has 0 heterocycles. The summed E-state index contributed by atoms with van der Waals surface area (Å²) < 4.78 is 0. The van der Waals surface area contributed by atoms with Crippen LogP contribution < -0.4 is 5.73 Å². The van der Waals surface area contributed by atoms with Crippen molar-refractivity contribution in [1.29, 1.82) is 0 Å². The monoisotopic (exact) mass is 215 g/mol. The second-order valence-corrected chi connectivity index (χ2v) is 4.96. The van der Waals surface area contributed by atoms with Gasteiger partial charge < -0.3 is 5.73 Å². The van der Waals surface area contributed by atoms with E-state index >= 15 is 0 Å². The zero-order valence-electron chi connectivity index (χ0n) is 10.3. The van der Waals surface area contributed by atoms with Gasteiger partial charge in [0.15, 0.2) is 0 Å². The van der Waals surface area contributed by atoms with Crippen LogP contribution in [0.5, 0.6) is 0 Å². The molecule has 1 heteroatoms. The first-order chi connectivity index (χ1) is 7.66. The van der Waals surface area contributed by atoms with Gasteiger partial charge in [0.1, 0.15) is 0 Å². The average molecular weight is 215 g/mol. The summed E-state index contributed by atoms with van der Waals surface area (Å²) in [6, 6.07) is 5.01. The fourth-order valence-electron chi connectivity index (χ4n) is 2.43. The van der Waals surface area contributed by atoms with Crippen molar-refractivity contribution in [2.45, 2.75) is 45.6 Å². The number of rotatable bonds is 4. The summed E-state index contributed by atoms with van der Waals surface area (Å²) >= 11 is 0. The highest BCUT2D eigenvalue weighted by Gasteiger charge is 2.09. The van der Waals surface area contributed by atoms with E-state index in [2.05, 4.69) is 38.1 Å². The van der Waals surface area contributed by atoms with E-state index in [1.54, 1.807) is 0 Å². The second kappa shape index (κ2) is 4.84. The van der Waals surface area contributed by atoms with Crippen molar-refractivity contribution >= 4 is 6.08 Å². The number of fused-ring (bicyclic) bond motifs is 1. The van der Waals surface area contributed by atoms with E-state index in [4.69, 9.17) is 5.73 Å². The predicted octanol–water partition coefficient (Wildman–Crippen LogP) is 3.23. The molecule has 1 atom stereocenters. The van der Waals surface area contributed by atoms with Crippen LogP contribution in [0.1, 0.15) is 42.0 Å². The molecule has 0 spiro atoms. The van der Waals surface area contributed by atoms with Gasteiger partial charge in [-0.1, -0.05) is 24.3 Å². The lowest BCUT2D eigenvalue weighted by Gasteiger charge is -2.09. The van der Waals surface area contributed by atoms with Crippen LogP contribution in [0.4, 0.5) is 0 Å². The molecule has 0 aromatic heterocycles. The lowest BCUT2D eigenvalue weighted by molar-refractivity contribution is 0.624. The Kier molecular flexibility index (Phi) is 3.45. The molecule has 0 aliphatic heterocycles. The highest BCUT2D eigenvalue weighted by molar-refractivity contribution is 5.62. The summed E-state index contributed by atoms with van der Waals surface area (Å²) in [5.74, 6) is 0. The summed E-state index contributed by atoms with van der Waals surface area (Å²) in [7, 11) is 0. The van der Waals surface area contributed by atoms with Crippen molar-refractivity contribution in [3.63, 3.8) is 0 Å². The summed E-state index contributed by atoms with van der Waals surface area (Å²) in [4.78, 5) is 0. The molecule has 0 radical (unpaired) electrons. The third kappa shape index (κ3) is 2.53. The van der Waals surface area contributed by atoms with Gasteiger partial charge in [0, 0.05) is 6.04 Å². The Morgan fingerprint density at radius 3 is 2.94 bits per heavy atom. The highest BCUT2D eigenvalue weighted by Crippen LogP contribution is 2.25. The molecule has 0 saturated carbocycles. The molecule has 2 rings (SSSR count).